The van der Waals surface area contributed by atoms with Crippen LogP contribution >= 0.6 is 11.8 Å². The molecule has 20 heavy (non-hydrogen) atoms. The molecule has 0 aliphatic rings. The molecule has 0 saturated heterocycles. The van der Waals surface area contributed by atoms with E-state index in [4.69, 9.17) is 0 Å². The summed E-state index contributed by atoms with van der Waals surface area (Å²) >= 11 is 1.69. The predicted molar refractivity (Wildman–Crippen MR) is 87.5 cm³/mol. The number of hydrogen-bond donors (Lipinski definition) is 1. The number of aliphatic hydroxyl groups excluding tert-OH is 1. The van der Waals surface area contributed by atoms with Gasteiger partial charge in [0.05, 0.1) is 6.10 Å². The van der Waals surface area contributed by atoms with Crippen molar-refractivity contribution in [3.63, 3.8) is 0 Å². The third-order valence-corrected chi connectivity index (χ3v) is 4.55. The Morgan fingerprint density at radius 3 is 2.25 bits per heavy atom. The van der Waals surface area contributed by atoms with E-state index in [2.05, 4.69) is 39.0 Å². The van der Waals surface area contributed by atoms with Crippen molar-refractivity contribution in [2.24, 2.45) is 0 Å². The van der Waals surface area contributed by atoms with Crippen molar-refractivity contribution in [3.05, 3.63) is 64.2 Å². The monoisotopic (exact) mass is 286 g/mol. The predicted octanol–water partition coefficient (Wildman–Crippen LogP) is 4.61. The Morgan fingerprint density at radius 1 is 1.05 bits per heavy atom. The molecule has 1 nitrogen and oxygen atoms in total. The molecular weight excluding hydrogens is 264 g/mol. The third-order valence-electron chi connectivity index (χ3n) is 3.74. The molecule has 0 heterocycles. The number of aryl methyl sites for hydroxylation is 3. The van der Waals surface area contributed by atoms with Crippen LogP contribution in [0, 0.1) is 20.8 Å². The number of benzene rings is 2. The summed E-state index contributed by atoms with van der Waals surface area (Å²) in [7, 11) is 0. The van der Waals surface area contributed by atoms with Crippen molar-refractivity contribution in [3.8, 4) is 0 Å². The van der Waals surface area contributed by atoms with Gasteiger partial charge in [0.25, 0.3) is 0 Å². The molecule has 2 aromatic carbocycles. The molecule has 2 heteroatoms. The Balaban J connectivity index is 2.30. The molecule has 0 spiro atoms. The molecule has 0 fully saturated rings. The molecule has 106 valence electrons. The average Bonchev–Trinajstić information content (AvgIpc) is 2.42. The maximum atomic E-state index is 10.6. The zero-order chi connectivity index (χ0) is 14.7. The Labute approximate surface area is 126 Å². The van der Waals surface area contributed by atoms with Gasteiger partial charge in [0.2, 0.25) is 0 Å². The summed E-state index contributed by atoms with van der Waals surface area (Å²) in [6.07, 6.45) is 2.28. The van der Waals surface area contributed by atoms with E-state index in [1.54, 1.807) is 11.8 Å². The highest BCUT2D eigenvalue weighted by atomic mass is 32.2. The lowest BCUT2D eigenvalue weighted by Gasteiger charge is -2.18. The van der Waals surface area contributed by atoms with E-state index in [1.807, 2.05) is 24.5 Å². The maximum Gasteiger partial charge on any atom is 0.0841 e. The minimum atomic E-state index is -0.446. The van der Waals surface area contributed by atoms with Crippen LogP contribution in [-0.2, 0) is 6.42 Å². The van der Waals surface area contributed by atoms with E-state index >= 15 is 0 Å². The average molecular weight is 286 g/mol. The van der Waals surface area contributed by atoms with Gasteiger partial charge in [-0.1, -0.05) is 35.9 Å². The van der Waals surface area contributed by atoms with Crippen LogP contribution < -0.4 is 0 Å². The summed E-state index contributed by atoms with van der Waals surface area (Å²) in [5.74, 6) is 0. The minimum Gasteiger partial charge on any atom is -0.388 e. The zero-order valence-electron chi connectivity index (χ0n) is 12.6. The number of rotatable bonds is 4. The molecule has 2 rings (SSSR count). The first-order valence-electron chi connectivity index (χ1n) is 6.90. The van der Waals surface area contributed by atoms with Gasteiger partial charge in [-0.25, -0.2) is 0 Å². The summed E-state index contributed by atoms with van der Waals surface area (Å²) in [5, 5.41) is 10.6. The van der Waals surface area contributed by atoms with Gasteiger partial charge in [0, 0.05) is 11.3 Å². The highest BCUT2D eigenvalue weighted by Gasteiger charge is 2.15. The SMILES string of the molecule is CSc1ccccc1C(O)Cc1c(C)cc(C)cc1C. The molecule has 1 N–H and O–H groups in total. The van der Waals surface area contributed by atoms with Crippen LogP contribution in [0.15, 0.2) is 41.3 Å². The zero-order valence-corrected chi connectivity index (χ0v) is 13.4. The van der Waals surface area contributed by atoms with Gasteiger partial charge in [-0.05, 0) is 55.3 Å². The Bertz CT molecular complexity index is 581. The van der Waals surface area contributed by atoms with Gasteiger partial charge in [-0.15, -0.1) is 11.8 Å². The number of thioether (sulfide) groups is 1. The summed E-state index contributed by atoms with van der Waals surface area (Å²) in [6.45, 7) is 6.37. The van der Waals surface area contributed by atoms with Gasteiger partial charge in [-0.2, -0.15) is 0 Å². The van der Waals surface area contributed by atoms with Gasteiger partial charge >= 0.3 is 0 Å². The smallest absolute Gasteiger partial charge is 0.0841 e. The van der Waals surface area contributed by atoms with Crippen LogP contribution in [-0.4, -0.2) is 11.4 Å². The number of hydrogen-bond acceptors (Lipinski definition) is 2. The van der Waals surface area contributed by atoms with Crippen LogP contribution in [0.25, 0.3) is 0 Å². The van der Waals surface area contributed by atoms with E-state index in [-0.39, 0.29) is 0 Å². The van der Waals surface area contributed by atoms with Crippen LogP contribution in [0.4, 0.5) is 0 Å². The van der Waals surface area contributed by atoms with Crippen LogP contribution in [0.2, 0.25) is 0 Å². The fraction of sp³-hybridized carbons (Fsp3) is 0.333. The van der Waals surface area contributed by atoms with Crippen LogP contribution in [0.3, 0.4) is 0 Å². The molecule has 0 bridgehead atoms. The number of aliphatic hydroxyl groups is 1. The van der Waals surface area contributed by atoms with Gasteiger partial charge in [0.1, 0.15) is 0 Å². The molecule has 1 unspecified atom stereocenters. The second-order valence-electron chi connectivity index (χ2n) is 5.34. The molecular formula is C18H22OS. The van der Waals surface area contributed by atoms with E-state index in [9.17, 15) is 5.11 Å². The lowest BCUT2D eigenvalue weighted by Crippen LogP contribution is -2.06. The van der Waals surface area contributed by atoms with Crippen molar-refractivity contribution in [1.82, 2.24) is 0 Å². The van der Waals surface area contributed by atoms with E-state index in [0.717, 1.165) is 10.5 Å². The van der Waals surface area contributed by atoms with Crippen molar-refractivity contribution in [1.29, 1.82) is 0 Å². The van der Waals surface area contributed by atoms with Crippen molar-refractivity contribution in [2.45, 2.75) is 38.2 Å². The molecule has 0 aliphatic heterocycles. The third kappa shape index (κ3) is 3.25. The highest BCUT2D eigenvalue weighted by molar-refractivity contribution is 7.98. The first kappa shape index (κ1) is 15.1. The van der Waals surface area contributed by atoms with Crippen molar-refractivity contribution < 1.29 is 5.11 Å². The van der Waals surface area contributed by atoms with E-state index < -0.39 is 6.10 Å². The summed E-state index contributed by atoms with van der Waals surface area (Å²) in [6, 6.07) is 12.5. The first-order chi connectivity index (χ1) is 9.52. The van der Waals surface area contributed by atoms with Crippen LogP contribution in [0.1, 0.15) is 33.9 Å². The fourth-order valence-electron chi connectivity index (χ4n) is 2.78. The molecule has 2 aromatic rings. The molecule has 0 amide bonds. The molecule has 0 aliphatic carbocycles. The molecule has 1 atom stereocenters. The quantitative estimate of drug-likeness (QED) is 0.828. The Hall–Kier alpha value is -1.25. The summed E-state index contributed by atoms with van der Waals surface area (Å²) in [5.41, 5.74) is 6.10. The lowest BCUT2D eigenvalue weighted by molar-refractivity contribution is 0.175. The van der Waals surface area contributed by atoms with Gasteiger partial charge in [0.15, 0.2) is 0 Å². The minimum absolute atomic E-state index is 0.446. The Kier molecular flexibility index (Phi) is 4.90. The second kappa shape index (κ2) is 6.47. The van der Waals surface area contributed by atoms with E-state index in [1.165, 1.54) is 22.3 Å². The largest absolute Gasteiger partial charge is 0.388 e. The molecule has 0 aromatic heterocycles. The lowest BCUT2D eigenvalue weighted by atomic mass is 9.93. The molecule has 0 radical (unpaired) electrons. The van der Waals surface area contributed by atoms with Gasteiger partial charge < -0.3 is 5.11 Å². The topological polar surface area (TPSA) is 20.2 Å². The van der Waals surface area contributed by atoms with Crippen molar-refractivity contribution in [2.75, 3.05) is 6.26 Å². The Morgan fingerprint density at radius 2 is 1.65 bits per heavy atom. The summed E-state index contributed by atoms with van der Waals surface area (Å²) in [4.78, 5) is 1.16. The van der Waals surface area contributed by atoms with Crippen molar-refractivity contribution >= 4 is 11.8 Å². The molecule has 0 saturated carbocycles. The highest BCUT2D eigenvalue weighted by Crippen LogP contribution is 2.29. The van der Waals surface area contributed by atoms with Gasteiger partial charge in [-0.3, -0.25) is 0 Å². The van der Waals surface area contributed by atoms with Crippen LogP contribution in [0.5, 0.6) is 0 Å². The second-order valence-corrected chi connectivity index (χ2v) is 6.19. The fourth-order valence-corrected chi connectivity index (χ4v) is 3.43. The van der Waals surface area contributed by atoms with E-state index in [0.29, 0.717) is 6.42 Å². The first-order valence-corrected chi connectivity index (χ1v) is 8.13. The summed E-state index contributed by atoms with van der Waals surface area (Å²) < 4.78 is 0. The maximum absolute atomic E-state index is 10.6. The standard InChI is InChI=1S/C18H22OS/c1-12-9-13(2)16(14(3)10-12)11-17(19)15-7-5-6-8-18(15)20-4/h5-10,17,19H,11H2,1-4H3. The normalized spacial score (nSPS) is 12.4.